The lowest BCUT2D eigenvalue weighted by molar-refractivity contribution is 0.0219. The largest absolute Gasteiger partial charge is 0.490 e. The first kappa shape index (κ1) is 16.2. The molecule has 0 bridgehead atoms. The van der Waals surface area contributed by atoms with Gasteiger partial charge in [0.15, 0.2) is 17.4 Å². The van der Waals surface area contributed by atoms with E-state index in [2.05, 4.69) is 5.10 Å². The zero-order valence-electron chi connectivity index (χ0n) is 12.2. The zero-order valence-corrected chi connectivity index (χ0v) is 13.0. The van der Waals surface area contributed by atoms with Crippen LogP contribution in [0.1, 0.15) is 6.42 Å². The van der Waals surface area contributed by atoms with Crippen molar-refractivity contribution in [3.05, 3.63) is 41.2 Å². The number of hydrogen-bond donors (Lipinski definition) is 1. The number of benzene rings is 1. The molecular formula is C15H16ClF2N3O2. The fraction of sp³-hybridized carbons (Fsp3) is 0.400. The highest BCUT2D eigenvalue weighted by Crippen LogP contribution is 2.25. The molecule has 2 N–H and O–H groups in total. The molecule has 2 heterocycles. The molecule has 0 spiro atoms. The lowest BCUT2D eigenvalue weighted by atomic mass is 9.98. The van der Waals surface area contributed by atoms with E-state index in [9.17, 15) is 8.78 Å². The third-order valence-corrected chi connectivity index (χ3v) is 3.98. The van der Waals surface area contributed by atoms with Gasteiger partial charge in [0.05, 0.1) is 24.4 Å². The Kier molecular flexibility index (Phi) is 4.79. The molecule has 23 heavy (non-hydrogen) atoms. The van der Waals surface area contributed by atoms with E-state index in [0.717, 1.165) is 23.2 Å². The van der Waals surface area contributed by atoms with Gasteiger partial charge < -0.3 is 15.2 Å². The second-order valence-corrected chi connectivity index (χ2v) is 5.87. The van der Waals surface area contributed by atoms with Crippen molar-refractivity contribution in [1.82, 2.24) is 9.78 Å². The highest BCUT2D eigenvalue weighted by atomic mass is 35.5. The maximum absolute atomic E-state index is 14.2. The first-order valence-corrected chi connectivity index (χ1v) is 7.58. The Morgan fingerprint density at radius 3 is 2.91 bits per heavy atom. The van der Waals surface area contributed by atoms with Crippen LogP contribution in [0.15, 0.2) is 24.5 Å². The van der Waals surface area contributed by atoms with Crippen molar-refractivity contribution in [1.29, 1.82) is 0 Å². The average Bonchev–Trinajstić information content (AvgIpc) is 2.95. The molecule has 0 saturated carbocycles. The summed E-state index contributed by atoms with van der Waals surface area (Å²) in [5, 5.41) is 4.18. The summed E-state index contributed by atoms with van der Waals surface area (Å²) in [6.07, 6.45) is 3.45. The van der Waals surface area contributed by atoms with E-state index in [0.29, 0.717) is 18.2 Å². The van der Waals surface area contributed by atoms with E-state index < -0.39 is 11.6 Å². The van der Waals surface area contributed by atoms with Crippen LogP contribution in [0.3, 0.4) is 0 Å². The van der Waals surface area contributed by atoms with Gasteiger partial charge in [-0.05, 0) is 6.42 Å². The van der Waals surface area contributed by atoms with Gasteiger partial charge in [0.1, 0.15) is 5.69 Å². The van der Waals surface area contributed by atoms with Crippen LogP contribution >= 0.6 is 11.6 Å². The summed E-state index contributed by atoms with van der Waals surface area (Å²) in [5.41, 5.74) is 5.92. The molecule has 8 heteroatoms. The van der Waals surface area contributed by atoms with Crippen LogP contribution in [0.4, 0.5) is 8.78 Å². The Labute approximate surface area is 136 Å². The van der Waals surface area contributed by atoms with Gasteiger partial charge in [0, 0.05) is 36.9 Å². The van der Waals surface area contributed by atoms with Gasteiger partial charge in [-0.2, -0.15) is 5.10 Å². The van der Waals surface area contributed by atoms with Crippen molar-refractivity contribution in [3.63, 3.8) is 0 Å². The second kappa shape index (κ2) is 6.82. The number of nitrogens with zero attached hydrogens (tertiary/aromatic N) is 2. The molecule has 2 aromatic rings. The Morgan fingerprint density at radius 2 is 2.22 bits per heavy atom. The molecule has 0 radical (unpaired) electrons. The van der Waals surface area contributed by atoms with Crippen LogP contribution in [0.5, 0.6) is 5.75 Å². The lowest BCUT2D eigenvalue weighted by Gasteiger charge is -2.28. The van der Waals surface area contributed by atoms with Gasteiger partial charge in [-0.15, -0.1) is 0 Å². The summed E-state index contributed by atoms with van der Waals surface area (Å²) < 4.78 is 40.2. The predicted octanol–water partition coefficient (Wildman–Crippen LogP) is 2.55. The molecule has 3 rings (SSSR count). The molecule has 0 amide bonds. The van der Waals surface area contributed by atoms with Crippen molar-refractivity contribution in [2.24, 2.45) is 11.7 Å². The summed E-state index contributed by atoms with van der Waals surface area (Å²) in [4.78, 5) is 0. The van der Waals surface area contributed by atoms with Crippen molar-refractivity contribution in [2.45, 2.75) is 12.5 Å². The number of ether oxygens (including phenoxy) is 2. The fourth-order valence-electron chi connectivity index (χ4n) is 2.42. The highest BCUT2D eigenvalue weighted by Gasteiger charge is 2.24. The van der Waals surface area contributed by atoms with E-state index in [-0.39, 0.29) is 30.0 Å². The highest BCUT2D eigenvalue weighted by molar-refractivity contribution is 6.30. The molecule has 2 atom stereocenters. The molecule has 1 aromatic heterocycles. The molecule has 1 saturated heterocycles. The zero-order chi connectivity index (χ0) is 16.4. The monoisotopic (exact) mass is 343 g/mol. The standard InChI is InChI=1S/C15H16ClF2N3O2/c16-10-5-20-21(6-10)14-3-12(18)15(4-11(14)17)23-8-9-7-22-2-1-13(9)19/h3-6,9,13H,1-2,7-8,19H2/t9-,13+/m1/s1. The molecule has 1 fully saturated rings. The predicted molar refractivity (Wildman–Crippen MR) is 80.9 cm³/mol. The number of aromatic nitrogens is 2. The van der Waals surface area contributed by atoms with Crippen LogP contribution in [0.25, 0.3) is 5.69 Å². The third-order valence-electron chi connectivity index (χ3n) is 3.79. The van der Waals surface area contributed by atoms with Crippen LogP contribution in [0, 0.1) is 17.6 Å². The molecule has 1 aromatic carbocycles. The first-order valence-electron chi connectivity index (χ1n) is 7.20. The van der Waals surface area contributed by atoms with Gasteiger partial charge in [-0.3, -0.25) is 0 Å². The normalized spacial score (nSPS) is 21.4. The molecule has 0 unspecified atom stereocenters. The van der Waals surface area contributed by atoms with Crippen LogP contribution in [-0.4, -0.2) is 35.6 Å². The topological polar surface area (TPSA) is 62.3 Å². The molecule has 1 aliphatic heterocycles. The van der Waals surface area contributed by atoms with Crippen molar-refractivity contribution < 1.29 is 18.3 Å². The molecule has 0 aliphatic carbocycles. The van der Waals surface area contributed by atoms with Crippen LogP contribution < -0.4 is 10.5 Å². The second-order valence-electron chi connectivity index (χ2n) is 5.44. The molecular weight excluding hydrogens is 328 g/mol. The lowest BCUT2D eigenvalue weighted by Crippen LogP contribution is -2.41. The molecule has 124 valence electrons. The maximum atomic E-state index is 14.2. The summed E-state index contributed by atoms with van der Waals surface area (Å²) in [6, 6.07) is 1.95. The molecule has 1 aliphatic rings. The summed E-state index contributed by atoms with van der Waals surface area (Å²) in [7, 11) is 0. The minimum Gasteiger partial charge on any atom is -0.490 e. The Bertz CT molecular complexity index is 695. The SMILES string of the molecule is N[C@H]1CCOC[C@@H]1COc1cc(F)c(-n2cc(Cl)cn2)cc1F. The smallest absolute Gasteiger partial charge is 0.167 e. The van der Waals surface area contributed by atoms with Gasteiger partial charge in [-0.1, -0.05) is 11.6 Å². The van der Waals surface area contributed by atoms with E-state index in [1.165, 1.54) is 12.4 Å². The van der Waals surface area contributed by atoms with Gasteiger partial charge in [0.2, 0.25) is 0 Å². The minimum absolute atomic E-state index is 0.0422. The Morgan fingerprint density at radius 1 is 1.39 bits per heavy atom. The quantitative estimate of drug-likeness (QED) is 0.926. The van der Waals surface area contributed by atoms with Crippen molar-refractivity contribution in [3.8, 4) is 11.4 Å². The first-order chi connectivity index (χ1) is 11.0. The third kappa shape index (κ3) is 3.63. The van der Waals surface area contributed by atoms with Gasteiger partial charge >= 0.3 is 0 Å². The number of hydrogen-bond acceptors (Lipinski definition) is 4. The minimum atomic E-state index is -0.682. The van der Waals surface area contributed by atoms with Crippen LogP contribution in [0.2, 0.25) is 5.02 Å². The van der Waals surface area contributed by atoms with Crippen molar-refractivity contribution in [2.75, 3.05) is 19.8 Å². The van der Waals surface area contributed by atoms with E-state index in [1.54, 1.807) is 0 Å². The summed E-state index contributed by atoms with van der Waals surface area (Å²) >= 11 is 5.74. The number of halogens is 3. The summed E-state index contributed by atoms with van der Waals surface area (Å²) in [5.74, 6) is -1.55. The number of nitrogens with two attached hydrogens (primary N) is 1. The van der Waals surface area contributed by atoms with Crippen molar-refractivity contribution >= 4 is 11.6 Å². The van der Waals surface area contributed by atoms with E-state index in [4.69, 9.17) is 26.8 Å². The van der Waals surface area contributed by atoms with E-state index >= 15 is 0 Å². The Hall–Kier alpha value is -1.70. The van der Waals surface area contributed by atoms with Crippen LogP contribution in [-0.2, 0) is 4.74 Å². The average molecular weight is 344 g/mol. The fourth-order valence-corrected chi connectivity index (χ4v) is 2.55. The molecule has 5 nitrogen and oxygen atoms in total. The van der Waals surface area contributed by atoms with E-state index in [1.807, 2.05) is 0 Å². The maximum Gasteiger partial charge on any atom is 0.167 e. The van der Waals surface area contributed by atoms with Gasteiger partial charge in [0.25, 0.3) is 0 Å². The Balaban J connectivity index is 1.74. The summed E-state index contributed by atoms with van der Waals surface area (Å²) in [6.45, 7) is 1.24. The number of rotatable bonds is 4. The van der Waals surface area contributed by atoms with Gasteiger partial charge in [-0.25, -0.2) is 13.5 Å².